The summed E-state index contributed by atoms with van der Waals surface area (Å²) in [6, 6.07) is 0.456. The second-order valence-corrected chi connectivity index (χ2v) is 6.92. The predicted molar refractivity (Wildman–Crippen MR) is 79.9 cm³/mol. The molecule has 19 heavy (non-hydrogen) atoms. The summed E-state index contributed by atoms with van der Waals surface area (Å²) >= 11 is 0. The van der Waals surface area contributed by atoms with E-state index in [9.17, 15) is 8.42 Å². The normalized spacial score (nSPS) is 12.2. The van der Waals surface area contributed by atoms with Gasteiger partial charge in [0.05, 0.1) is 5.75 Å². The van der Waals surface area contributed by atoms with E-state index in [-0.39, 0.29) is 5.75 Å². The Balaban J connectivity index is 3.47. The van der Waals surface area contributed by atoms with Gasteiger partial charge in [0.15, 0.2) is 0 Å². The smallest absolute Gasteiger partial charge is 0.211 e. The number of ether oxygens (including phenoxy) is 1. The Morgan fingerprint density at radius 1 is 1.05 bits per heavy atom. The molecule has 0 saturated carbocycles. The van der Waals surface area contributed by atoms with Crippen molar-refractivity contribution < 1.29 is 13.2 Å². The van der Waals surface area contributed by atoms with Crippen molar-refractivity contribution >= 4 is 10.0 Å². The van der Waals surface area contributed by atoms with Crippen LogP contribution in [0.4, 0.5) is 0 Å². The average molecular weight is 294 g/mol. The van der Waals surface area contributed by atoms with Gasteiger partial charge in [0, 0.05) is 25.8 Å². The van der Waals surface area contributed by atoms with Gasteiger partial charge in [0.25, 0.3) is 0 Å². The van der Waals surface area contributed by atoms with Crippen LogP contribution in [0, 0.1) is 0 Å². The van der Waals surface area contributed by atoms with Crippen LogP contribution < -0.4 is 10.0 Å². The maximum atomic E-state index is 11.6. The molecule has 0 spiro atoms. The minimum Gasteiger partial charge on any atom is -0.381 e. The van der Waals surface area contributed by atoms with Gasteiger partial charge in [-0.15, -0.1) is 0 Å². The van der Waals surface area contributed by atoms with Crippen molar-refractivity contribution in [2.24, 2.45) is 0 Å². The molecule has 0 aliphatic rings. The molecule has 0 atom stereocenters. The highest BCUT2D eigenvalue weighted by Gasteiger charge is 2.08. The van der Waals surface area contributed by atoms with Crippen LogP contribution >= 0.6 is 0 Å². The maximum absolute atomic E-state index is 11.6. The Hall–Kier alpha value is -0.170. The highest BCUT2D eigenvalue weighted by atomic mass is 32.2. The van der Waals surface area contributed by atoms with Gasteiger partial charge in [0.1, 0.15) is 0 Å². The van der Waals surface area contributed by atoms with E-state index in [1.54, 1.807) is 0 Å². The largest absolute Gasteiger partial charge is 0.381 e. The quantitative estimate of drug-likeness (QED) is 0.505. The number of hydrogen-bond acceptors (Lipinski definition) is 4. The van der Waals surface area contributed by atoms with Crippen LogP contribution in [0.5, 0.6) is 0 Å². The molecule has 0 rings (SSSR count). The zero-order chi connectivity index (χ0) is 14.6. The number of unbranched alkanes of at least 4 members (excludes halogenated alkanes) is 1. The molecular formula is C13H30N2O3S. The van der Waals surface area contributed by atoms with E-state index in [1.807, 2.05) is 0 Å². The molecule has 6 heteroatoms. The summed E-state index contributed by atoms with van der Waals surface area (Å²) in [5.74, 6) is 0.211. The second kappa shape index (κ2) is 11.6. The third-order valence-corrected chi connectivity index (χ3v) is 4.00. The lowest BCUT2D eigenvalue weighted by Crippen LogP contribution is -2.29. The van der Waals surface area contributed by atoms with Gasteiger partial charge in [-0.1, -0.05) is 20.8 Å². The zero-order valence-electron chi connectivity index (χ0n) is 12.6. The molecule has 0 bridgehead atoms. The lowest BCUT2D eigenvalue weighted by Gasteiger charge is -2.09. The third kappa shape index (κ3) is 14.1. The van der Waals surface area contributed by atoms with Crippen LogP contribution in [0.1, 0.15) is 46.5 Å². The van der Waals surface area contributed by atoms with E-state index in [0.717, 1.165) is 32.4 Å². The van der Waals surface area contributed by atoms with E-state index in [2.05, 4.69) is 30.8 Å². The molecule has 2 N–H and O–H groups in total. The lowest BCUT2D eigenvalue weighted by molar-refractivity contribution is 0.133. The summed E-state index contributed by atoms with van der Waals surface area (Å²) in [7, 11) is -3.11. The van der Waals surface area contributed by atoms with Crippen molar-refractivity contribution in [3.63, 3.8) is 0 Å². The Morgan fingerprint density at radius 3 is 2.42 bits per heavy atom. The molecule has 0 aliphatic carbocycles. The van der Waals surface area contributed by atoms with Crippen LogP contribution in [0.25, 0.3) is 0 Å². The Kier molecular flexibility index (Phi) is 11.5. The molecule has 0 fully saturated rings. The first-order valence-electron chi connectivity index (χ1n) is 7.26. The zero-order valence-corrected chi connectivity index (χ0v) is 13.4. The van der Waals surface area contributed by atoms with E-state index < -0.39 is 10.0 Å². The molecule has 0 aliphatic heterocycles. The van der Waals surface area contributed by atoms with Crippen LogP contribution in [0.3, 0.4) is 0 Å². The molecule has 0 radical (unpaired) electrons. The standard InChI is InChI=1S/C13H30N2O3S/c1-4-10-18-11-7-9-15-19(16,17)12-6-5-8-14-13(2)3/h13-15H,4-12H2,1-3H3. The van der Waals surface area contributed by atoms with E-state index in [0.29, 0.717) is 25.6 Å². The summed E-state index contributed by atoms with van der Waals surface area (Å²) in [5.41, 5.74) is 0. The first-order chi connectivity index (χ1) is 8.98. The molecular weight excluding hydrogens is 264 g/mol. The fourth-order valence-electron chi connectivity index (χ4n) is 1.53. The molecule has 5 nitrogen and oxygen atoms in total. The van der Waals surface area contributed by atoms with Crippen molar-refractivity contribution in [2.75, 3.05) is 32.1 Å². The molecule has 116 valence electrons. The van der Waals surface area contributed by atoms with Crippen molar-refractivity contribution in [1.82, 2.24) is 10.0 Å². The SMILES string of the molecule is CCCOCCCNS(=O)(=O)CCCCNC(C)C. The fraction of sp³-hybridized carbons (Fsp3) is 1.00. The first-order valence-corrected chi connectivity index (χ1v) is 8.91. The average Bonchev–Trinajstić information content (AvgIpc) is 2.32. The maximum Gasteiger partial charge on any atom is 0.211 e. The Bertz CT molecular complexity index is 292. The minimum absolute atomic E-state index is 0.211. The Labute approximate surface area is 118 Å². The van der Waals surface area contributed by atoms with Gasteiger partial charge in [0.2, 0.25) is 10.0 Å². The van der Waals surface area contributed by atoms with Gasteiger partial charge < -0.3 is 10.1 Å². The van der Waals surface area contributed by atoms with Gasteiger partial charge >= 0.3 is 0 Å². The van der Waals surface area contributed by atoms with E-state index in [4.69, 9.17) is 4.74 Å². The van der Waals surface area contributed by atoms with Crippen molar-refractivity contribution in [3.8, 4) is 0 Å². The molecule has 0 heterocycles. The second-order valence-electron chi connectivity index (χ2n) is 5.00. The van der Waals surface area contributed by atoms with Crippen molar-refractivity contribution in [2.45, 2.75) is 52.5 Å². The van der Waals surface area contributed by atoms with Gasteiger partial charge in [-0.2, -0.15) is 0 Å². The summed E-state index contributed by atoms with van der Waals surface area (Å²) in [4.78, 5) is 0. The topological polar surface area (TPSA) is 67.4 Å². The monoisotopic (exact) mass is 294 g/mol. The highest BCUT2D eigenvalue weighted by Crippen LogP contribution is 1.95. The number of nitrogens with one attached hydrogen (secondary N) is 2. The molecule has 0 saturated heterocycles. The van der Waals surface area contributed by atoms with E-state index in [1.165, 1.54) is 0 Å². The summed E-state index contributed by atoms with van der Waals surface area (Å²) in [6.45, 7) is 8.92. The fourth-order valence-corrected chi connectivity index (χ4v) is 2.71. The minimum atomic E-state index is -3.11. The van der Waals surface area contributed by atoms with Crippen LogP contribution in [-0.2, 0) is 14.8 Å². The van der Waals surface area contributed by atoms with Gasteiger partial charge in [-0.05, 0) is 32.2 Å². The number of rotatable bonds is 13. The van der Waals surface area contributed by atoms with Crippen LogP contribution in [0.2, 0.25) is 0 Å². The molecule has 0 aromatic rings. The summed E-state index contributed by atoms with van der Waals surface area (Å²) in [5, 5.41) is 3.27. The number of hydrogen-bond donors (Lipinski definition) is 2. The van der Waals surface area contributed by atoms with Gasteiger partial charge in [-0.25, -0.2) is 13.1 Å². The first kappa shape index (κ1) is 18.8. The van der Waals surface area contributed by atoms with Crippen LogP contribution in [0.15, 0.2) is 0 Å². The summed E-state index contributed by atoms with van der Waals surface area (Å²) in [6.07, 6.45) is 3.31. The third-order valence-electron chi connectivity index (χ3n) is 2.53. The molecule has 0 amide bonds. The van der Waals surface area contributed by atoms with Crippen molar-refractivity contribution in [3.05, 3.63) is 0 Å². The molecule has 0 unspecified atom stereocenters. The van der Waals surface area contributed by atoms with Crippen LogP contribution in [-0.4, -0.2) is 46.5 Å². The Morgan fingerprint density at radius 2 is 1.79 bits per heavy atom. The summed E-state index contributed by atoms with van der Waals surface area (Å²) < 4.78 is 31.2. The predicted octanol–water partition coefficient (Wildman–Crippen LogP) is 1.50. The number of sulfonamides is 1. The lowest BCUT2D eigenvalue weighted by atomic mass is 10.3. The molecule has 0 aromatic heterocycles. The van der Waals surface area contributed by atoms with Gasteiger partial charge in [-0.3, -0.25) is 0 Å². The highest BCUT2D eigenvalue weighted by molar-refractivity contribution is 7.89. The molecule has 0 aromatic carbocycles. The van der Waals surface area contributed by atoms with Crippen molar-refractivity contribution in [1.29, 1.82) is 0 Å². The van der Waals surface area contributed by atoms with E-state index >= 15 is 0 Å².